The lowest BCUT2D eigenvalue weighted by atomic mass is 10.2. The molecule has 0 aliphatic rings. The first kappa shape index (κ1) is 13.3. The van der Waals surface area contributed by atoms with Crippen LogP contribution in [0.3, 0.4) is 0 Å². The number of nitrogens with zero attached hydrogens (tertiary/aromatic N) is 2. The maximum absolute atomic E-state index is 5.94. The van der Waals surface area contributed by atoms with Crippen LogP contribution in [-0.2, 0) is 6.42 Å². The molecule has 1 aromatic carbocycles. The molecular formula is C17H15N3OS. The molecule has 0 fully saturated rings. The molecule has 0 atom stereocenters. The van der Waals surface area contributed by atoms with E-state index in [1.165, 1.54) is 4.88 Å². The van der Waals surface area contributed by atoms with Gasteiger partial charge >= 0.3 is 0 Å². The number of hydrogen-bond donors (Lipinski definition) is 1. The predicted octanol–water partition coefficient (Wildman–Crippen LogP) is 4.40. The zero-order valence-electron chi connectivity index (χ0n) is 12.2. The second-order valence-electron chi connectivity index (χ2n) is 5.15. The van der Waals surface area contributed by atoms with E-state index < -0.39 is 0 Å². The molecular weight excluding hydrogens is 294 g/mol. The van der Waals surface area contributed by atoms with E-state index in [9.17, 15) is 0 Å². The van der Waals surface area contributed by atoms with Crippen molar-refractivity contribution < 1.29 is 4.42 Å². The third-order valence-corrected chi connectivity index (χ3v) is 4.51. The molecule has 5 heteroatoms. The molecule has 0 bridgehead atoms. The van der Waals surface area contributed by atoms with Crippen molar-refractivity contribution in [3.05, 3.63) is 52.5 Å². The van der Waals surface area contributed by atoms with Gasteiger partial charge in [-0.15, -0.1) is 11.3 Å². The highest BCUT2D eigenvalue weighted by Crippen LogP contribution is 2.30. The van der Waals surface area contributed by atoms with Gasteiger partial charge in [-0.05, 0) is 36.9 Å². The topological polar surface area (TPSA) is 51.0 Å². The van der Waals surface area contributed by atoms with Crippen molar-refractivity contribution >= 4 is 39.2 Å². The molecule has 4 aromatic rings. The predicted molar refractivity (Wildman–Crippen MR) is 90.6 cm³/mol. The van der Waals surface area contributed by atoms with E-state index in [4.69, 9.17) is 4.42 Å². The van der Waals surface area contributed by atoms with Crippen LogP contribution < -0.4 is 5.32 Å². The standard InChI is InChI=1S/C17H15N3OS/c1-11-19-15-13-6-2-3-7-14(13)21-16(15)17(20-11)18-9-8-12-5-4-10-22-12/h2-7,10H,8-9H2,1H3,(H,18,19,20). The summed E-state index contributed by atoms with van der Waals surface area (Å²) in [6, 6.07) is 12.2. The van der Waals surface area contributed by atoms with E-state index in [2.05, 4.69) is 32.8 Å². The van der Waals surface area contributed by atoms with Gasteiger partial charge in [0.1, 0.15) is 16.9 Å². The number of rotatable bonds is 4. The Morgan fingerprint density at radius 3 is 2.91 bits per heavy atom. The van der Waals surface area contributed by atoms with E-state index in [0.29, 0.717) is 0 Å². The van der Waals surface area contributed by atoms with Crippen molar-refractivity contribution in [1.29, 1.82) is 0 Å². The van der Waals surface area contributed by atoms with Crippen LogP contribution in [0.1, 0.15) is 10.7 Å². The fraction of sp³-hybridized carbons (Fsp3) is 0.176. The first-order valence-corrected chi connectivity index (χ1v) is 8.11. The number of thiophene rings is 1. The van der Waals surface area contributed by atoms with Crippen LogP contribution in [0.4, 0.5) is 5.82 Å². The molecule has 22 heavy (non-hydrogen) atoms. The average molecular weight is 309 g/mol. The van der Waals surface area contributed by atoms with Gasteiger partial charge in [-0.25, -0.2) is 9.97 Å². The number of fused-ring (bicyclic) bond motifs is 3. The second-order valence-corrected chi connectivity index (χ2v) is 6.18. The minimum Gasteiger partial charge on any atom is -0.450 e. The molecule has 110 valence electrons. The summed E-state index contributed by atoms with van der Waals surface area (Å²) in [5.74, 6) is 1.52. The van der Waals surface area contributed by atoms with Crippen molar-refractivity contribution in [1.82, 2.24) is 9.97 Å². The molecule has 0 unspecified atom stereocenters. The highest BCUT2D eigenvalue weighted by Gasteiger charge is 2.13. The number of aryl methyl sites for hydroxylation is 1. The highest BCUT2D eigenvalue weighted by atomic mass is 32.1. The summed E-state index contributed by atoms with van der Waals surface area (Å²) in [5, 5.41) is 6.52. The lowest BCUT2D eigenvalue weighted by Crippen LogP contribution is -2.07. The zero-order chi connectivity index (χ0) is 14.9. The van der Waals surface area contributed by atoms with Crippen molar-refractivity contribution in [2.75, 3.05) is 11.9 Å². The van der Waals surface area contributed by atoms with Crippen LogP contribution in [-0.4, -0.2) is 16.5 Å². The molecule has 0 spiro atoms. The fourth-order valence-corrected chi connectivity index (χ4v) is 3.29. The summed E-state index contributed by atoms with van der Waals surface area (Å²) in [4.78, 5) is 10.4. The van der Waals surface area contributed by atoms with Crippen LogP contribution in [0.25, 0.3) is 22.1 Å². The third kappa shape index (κ3) is 2.33. The van der Waals surface area contributed by atoms with Crippen LogP contribution in [0.15, 0.2) is 46.2 Å². The molecule has 0 radical (unpaired) electrons. The molecule has 0 aliphatic carbocycles. The summed E-state index contributed by atoms with van der Waals surface area (Å²) >= 11 is 1.77. The van der Waals surface area contributed by atoms with E-state index in [-0.39, 0.29) is 0 Å². The van der Waals surface area contributed by atoms with Gasteiger partial charge in [0.05, 0.1) is 0 Å². The Labute approximate surface area is 131 Å². The van der Waals surface area contributed by atoms with E-state index in [1.807, 2.05) is 31.2 Å². The molecule has 0 saturated heterocycles. The second kappa shape index (κ2) is 5.42. The average Bonchev–Trinajstić information content (AvgIpc) is 3.15. The molecule has 0 amide bonds. The van der Waals surface area contributed by atoms with E-state index in [0.717, 1.165) is 46.7 Å². The Morgan fingerprint density at radius 1 is 1.14 bits per heavy atom. The number of benzene rings is 1. The molecule has 1 N–H and O–H groups in total. The number of anilines is 1. The largest absolute Gasteiger partial charge is 0.450 e. The smallest absolute Gasteiger partial charge is 0.196 e. The number of para-hydroxylation sites is 1. The fourth-order valence-electron chi connectivity index (χ4n) is 2.58. The lowest BCUT2D eigenvalue weighted by Gasteiger charge is -2.05. The normalized spacial score (nSPS) is 11.3. The molecule has 4 nitrogen and oxygen atoms in total. The van der Waals surface area contributed by atoms with Gasteiger partial charge in [-0.1, -0.05) is 18.2 Å². The summed E-state index contributed by atoms with van der Waals surface area (Å²) < 4.78 is 5.94. The Morgan fingerprint density at radius 2 is 2.05 bits per heavy atom. The van der Waals surface area contributed by atoms with Gasteiger partial charge in [0.15, 0.2) is 11.4 Å². The lowest BCUT2D eigenvalue weighted by molar-refractivity contribution is 0.666. The van der Waals surface area contributed by atoms with Crippen LogP contribution >= 0.6 is 11.3 Å². The number of hydrogen-bond acceptors (Lipinski definition) is 5. The SMILES string of the molecule is Cc1nc(NCCc2cccs2)c2oc3ccccc3c2n1. The minimum absolute atomic E-state index is 0.734. The van der Waals surface area contributed by atoms with Crippen molar-refractivity contribution in [2.24, 2.45) is 0 Å². The first-order chi connectivity index (χ1) is 10.8. The van der Waals surface area contributed by atoms with Gasteiger partial charge in [-0.3, -0.25) is 0 Å². The number of furan rings is 1. The minimum atomic E-state index is 0.734. The Hall–Kier alpha value is -2.40. The summed E-state index contributed by atoms with van der Waals surface area (Å²) in [7, 11) is 0. The molecule has 3 aromatic heterocycles. The summed E-state index contributed by atoms with van der Waals surface area (Å²) in [5.41, 5.74) is 2.46. The molecule has 4 rings (SSSR count). The molecule has 0 aliphatic heterocycles. The zero-order valence-corrected chi connectivity index (χ0v) is 13.0. The Bertz CT molecular complexity index is 928. The van der Waals surface area contributed by atoms with Crippen molar-refractivity contribution in [3.63, 3.8) is 0 Å². The van der Waals surface area contributed by atoms with Crippen molar-refractivity contribution in [2.45, 2.75) is 13.3 Å². The monoisotopic (exact) mass is 309 g/mol. The summed E-state index contributed by atoms with van der Waals surface area (Å²) in [6.07, 6.45) is 0.975. The van der Waals surface area contributed by atoms with Crippen LogP contribution in [0.5, 0.6) is 0 Å². The molecule has 3 heterocycles. The molecule has 0 saturated carbocycles. The van der Waals surface area contributed by atoms with E-state index >= 15 is 0 Å². The Kier molecular flexibility index (Phi) is 3.27. The number of nitrogens with one attached hydrogen (secondary N) is 1. The maximum Gasteiger partial charge on any atom is 0.196 e. The quantitative estimate of drug-likeness (QED) is 0.607. The van der Waals surface area contributed by atoms with Crippen LogP contribution in [0.2, 0.25) is 0 Å². The highest BCUT2D eigenvalue weighted by molar-refractivity contribution is 7.09. The maximum atomic E-state index is 5.94. The van der Waals surface area contributed by atoms with E-state index in [1.54, 1.807) is 11.3 Å². The first-order valence-electron chi connectivity index (χ1n) is 7.23. The Balaban J connectivity index is 1.70. The third-order valence-electron chi connectivity index (χ3n) is 3.58. The van der Waals surface area contributed by atoms with Gasteiger partial charge in [0.25, 0.3) is 0 Å². The van der Waals surface area contributed by atoms with Gasteiger partial charge in [-0.2, -0.15) is 0 Å². The van der Waals surface area contributed by atoms with Gasteiger partial charge < -0.3 is 9.73 Å². The number of aromatic nitrogens is 2. The van der Waals surface area contributed by atoms with Crippen LogP contribution in [0, 0.1) is 6.92 Å². The van der Waals surface area contributed by atoms with Gasteiger partial charge in [0, 0.05) is 16.8 Å². The summed E-state index contributed by atoms with van der Waals surface area (Å²) in [6.45, 7) is 2.73. The van der Waals surface area contributed by atoms with Crippen molar-refractivity contribution in [3.8, 4) is 0 Å². The van der Waals surface area contributed by atoms with Gasteiger partial charge in [0.2, 0.25) is 0 Å².